The summed E-state index contributed by atoms with van der Waals surface area (Å²) in [7, 11) is 1.46. The van der Waals surface area contributed by atoms with E-state index in [9.17, 15) is 23.2 Å². The van der Waals surface area contributed by atoms with Gasteiger partial charge >= 0.3 is 6.36 Å². The van der Waals surface area contributed by atoms with Crippen LogP contribution in [0.1, 0.15) is 59.8 Å². The Morgan fingerprint density at radius 3 is 2.26 bits per heavy atom. The summed E-state index contributed by atoms with van der Waals surface area (Å²) in [6, 6.07) is 7.40. The van der Waals surface area contributed by atoms with Crippen molar-refractivity contribution in [2.75, 3.05) is 33.3 Å². The summed E-state index contributed by atoms with van der Waals surface area (Å²) in [4.78, 5) is 22.7. The summed E-state index contributed by atoms with van der Waals surface area (Å²) in [6.07, 6.45) is -0.00810. The third kappa shape index (κ3) is 6.46. The molecule has 0 radical (unpaired) electrons. The number of carbonyl (C=O) groups excluding carboxylic acids is 1. The number of pyridine rings is 1. The van der Waals surface area contributed by atoms with Crippen molar-refractivity contribution < 1.29 is 32.3 Å². The molecule has 11 heteroatoms. The summed E-state index contributed by atoms with van der Waals surface area (Å²) in [5.41, 5.74) is 3.07. The van der Waals surface area contributed by atoms with Crippen LogP contribution in [-0.2, 0) is 4.84 Å². The van der Waals surface area contributed by atoms with E-state index in [0.717, 1.165) is 49.1 Å². The van der Waals surface area contributed by atoms with Gasteiger partial charge in [-0.2, -0.15) is 4.73 Å². The maximum Gasteiger partial charge on any atom is 0.573 e. The molecule has 2 aromatic rings. The van der Waals surface area contributed by atoms with E-state index in [1.807, 2.05) is 11.8 Å². The van der Waals surface area contributed by atoms with Crippen molar-refractivity contribution >= 4 is 11.6 Å². The van der Waals surface area contributed by atoms with Gasteiger partial charge < -0.3 is 19.7 Å². The smallest absolute Gasteiger partial charge is 0.573 e. The molecule has 1 amide bonds. The molecule has 1 aromatic heterocycles. The van der Waals surface area contributed by atoms with E-state index in [0.29, 0.717) is 35.6 Å². The Kier molecular flexibility index (Phi) is 8.39. The Bertz CT molecular complexity index is 1200. The van der Waals surface area contributed by atoms with Gasteiger partial charge in [0.05, 0.1) is 5.71 Å². The van der Waals surface area contributed by atoms with Crippen molar-refractivity contribution in [1.29, 1.82) is 0 Å². The predicted octanol–water partition coefficient (Wildman–Crippen LogP) is 4.59. The Hall–Kier alpha value is -3.34. The molecule has 212 valence electrons. The minimum atomic E-state index is -4.74. The molecule has 0 aliphatic carbocycles. The predicted molar refractivity (Wildman–Crippen MR) is 139 cm³/mol. The zero-order chi connectivity index (χ0) is 28.4. The highest BCUT2D eigenvalue weighted by Gasteiger charge is 2.40. The first-order valence-electron chi connectivity index (χ1n) is 13.1. The average Bonchev–Trinajstić information content (AvgIpc) is 2.90. The Labute approximate surface area is 226 Å². The Morgan fingerprint density at radius 2 is 1.69 bits per heavy atom. The first-order valence-corrected chi connectivity index (χ1v) is 13.1. The monoisotopic (exact) mass is 548 g/mol. The maximum absolute atomic E-state index is 13.3. The van der Waals surface area contributed by atoms with Gasteiger partial charge in [0.15, 0.2) is 6.20 Å². The molecule has 0 atom stereocenters. The first-order chi connectivity index (χ1) is 18.4. The highest BCUT2D eigenvalue weighted by Crippen LogP contribution is 2.34. The molecule has 4 rings (SSSR count). The molecular weight excluding hydrogens is 513 g/mol. The number of carbonyl (C=O) groups is 1. The minimum absolute atomic E-state index is 0.0594. The second-order valence-corrected chi connectivity index (χ2v) is 10.6. The van der Waals surface area contributed by atoms with E-state index in [2.05, 4.69) is 21.7 Å². The lowest BCUT2D eigenvalue weighted by molar-refractivity contribution is -0.612. The number of alkyl halides is 3. The van der Waals surface area contributed by atoms with Crippen LogP contribution in [0.15, 0.2) is 41.7 Å². The third-order valence-corrected chi connectivity index (χ3v) is 8.11. The number of benzene rings is 1. The molecule has 0 saturated carbocycles. The topological polar surface area (TPSA) is 81.3 Å². The molecule has 0 bridgehead atoms. The molecule has 8 nitrogen and oxygen atoms in total. The van der Waals surface area contributed by atoms with Crippen molar-refractivity contribution in [3.63, 3.8) is 0 Å². The van der Waals surface area contributed by atoms with Crippen molar-refractivity contribution in [3.05, 3.63) is 64.1 Å². The lowest BCUT2D eigenvalue weighted by atomic mass is 9.82. The van der Waals surface area contributed by atoms with Crippen LogP contribution >= 0.6 is 0 Å². The highest BCUT2D eigenvalue weighted by atomic mass is 19.4. The van der Waals surface area contributed by atoms with Gasteiger partial charge in [-0.1, -0.05) is 5.16 Å². The molecule has 39 heavy (non-hydrogen) atoms. The van der Waals surface area contributed by atoms with Crippen LogP contribution in [0.2, 0.25) is 0 Å². The first kappa shape index (κ1) is 28.7. The molecule has 2 fully saturated rings. The zero-order valence-electron chi connectivity index (χ0n) is 22.8. The number of nitrogens with zero attached hydrogens (tertiary/aromatic N) is 4. The van der Waals surface area contributed by atoms with Crippen molar-refractivity contribution in [3.8, 4) is 5.75 Å². The summed E-state index contributed by atoms with van der Waals surface area (Å²) in [6.45, 7) is 8.67. The van der Waals surface area contributed by atoms with Gasteiger partial charge in [0.2, 0.25) is 5.69 Å². The maximum atomic E-state index is 13.3. The van der Waals surface area contributed by atoms with E-state index in [4.69, 9.17) is 4.84 Å². The molecule has 1 aromatic carbocycles. The summed E-state index contributed by atoms with van der Waals surface area (Å²) in [5.74, 6) is -0.271. The summed E-state index contributed by atoms with van der Waals surface area (Å²) < 4.78 is 42.3. The lowest BCUT2D eigenvalue weighted by Gasteiger charge is -2.49. The number of likely N-dealkylation sites (tertiary alicyclic amines) is 2. The van der Waals surface area contributed by atoms with E-state index in [1.165, 1.54) is 25.4 Å². The molecule has 3 heterocycles. The number of piperidine rings is 2. The van der Waals surface area contributed by atoms with Crippen LogP contribution in [0.3, 0.4) is 0 Å². The molecule has 2 aliphatic heterocycles. The number of aryl methyl sites for hydroxylation is 1. The number of oxime groups is 1. The number of amides is 1. The van der Waals surface area contributed by atoms with Gasteiger partial charge in [-0.25, -0.2) is 0 Å². The number of hydrogen-bond donors (Lipinski definition) is 0. The number of rotatable bonds is 6. The fourth-order valence-corrected chi connectivity index (χ4v) is 5.74. The fourth-order valence-electron chi connectivity index (χ4n) is 5.74. The molecule has 2 saturated heterocycles. The lowest BCUT2D eigenvalue weighted by Crippen LogP contribution is -2.57. The summed E-state index contributed by atoms with van der Waals surface area (Å²) >= 11 is 0. The van der Waals surface area contributed by atoms with Gasteiger partial charge in [0.25, 0.3) is 5.91 Å². The quantitative estimate of drug-likeness (QED) is 0.228. The van der Waals surface area contributed by atoms with Crippen LogP contribution in [0, 0.1) is 25.0 Å². The van der Waals surface area contributed by atoms with Crippen molar-refractivity contribution in [1.82, 2.24) is 9.80 Å². The van der Waals surface area contributed by atoms with Crippen LogP contribution in [-0.4, -0.2) is 66.6 Å². The number of halogens is 3. The highest BCUT2D eigenvalue weighted by molar-refractivity contribution is 6.02. The van der Waals surface area contributed by atoms with Gasteiger partial charge in [0.1, 0.15) is 18.4 Å². The fraction of sp³-hybridized carbons (Fsp3) is 0.536. The summed E-state index contributed by atoms with van der Waals surface area (Å²) in [5, 5.41) is 16.3. The minimum Gasteiger partial charge on any atom is -0.618 e. The molecule has 2 aliphatic rings. The molecule has 0 spiro atoms. The average molecular weight is 549 g/mol. The standard InChI is InChI=1S/C28H35F3N4O4/c1-19-9-16-35(37)20(2)24(19)26(36)33-17-12-27(3,13-18-33)34-14-10-22(11-15-34)25(32-38-4)21-5-7-23(8-6-21)39-28(29,30)31/h5-9,16,22H,10-15,17-18H2,1-4H3/b32-25-. The van der Waals surface area contributed by atoms with Crippen LogP contribution in [0.25, 0.3) is 0 Å². The van der Waals surface area contributed by atoms with Crippen molar-refractivity contribution in [2.24, 2.45) is 11.1 Å². The van der Waals surface area contributed by atoms with E-state index >= 15 is 0 Å². The third-order valence-electron chi connectivity index (χ3n) is 8.11. The van der Waals surface area contributed by atoms with Crippen LogP contribution in [0.4, 0.5) is 13.2 Å². The van der Waals surface area contributed by atoms with Crippen molar-refractivity contribution in [2.45, 2.75) is 58.4 Å². The van der Waals surface area contributed by atoms with Gasteiger partial charge in [-0.05, 0) is 88.0 Å². The molecular formula is C28H35F3N4O4. The van der Waals surface area contributed by atoms with Gasteiger partial charge in [0, 0.05) is 37.5 Å². The normalized spacial score (nSPS) is 19.2. The molecule has 0 N–H and O–H groups in total. The second-order valence-electron chi connectivity index (χ2n) is 10.6. The largest absolute Gasteiger partial charge is 0.618 e. The number of ether oxygens (including phenoxy) is 1. The number of hydrogen-bond acceptors (Lipinski definition) is 6. The van der Waals surface area contributed by atoms with Crippen LogP contribution in [0.5, 0.6) is 5.75 Å². The van der Waals surface area contributed by atoms with E-state index in [1.54, 1.807) is 25.1 Å². The Balaban J connectivity index is 1.37. The zero-order valence-corrected chi connectivity index (χ0v) is 22.8. The Morgan fingerprint density at radius 1 is 1.08 bits per heavy atom. The molecule has 0 unspecified atom stereocenters. The SMILES string of the molecule is CO/N=C(/c1ccc(OC(F)(F)F)cc1)C1CCN(C2(C)CCN(C(=O)c3c(C)cc[n+]([O-])c3C)CC2)CC1. The van der Waals surface area contributed by atoms with Crippen LogP contribution < -0.4 is 9.47 Å². The number of aromatic nitrogens is 1. The van der Waals surface area contributed by atoms with Gasteiger partial charge in [-0.15, -0.1) is 13.2 Å². The second kappa shape index (κ2) is 11.4. The van der Waals surface area contributed by atoms with E-state index < -0.39 is 6.36 Å². The van der Waals surface area contributed by atoms with E-state index in [-0.39, 0.29) is 23.1 Å². The van der Waals surface area contributed by atoms with Gasteiger partial charge in [-0.3, -0.25) is 9.69 Å².